The number of rotatable bonds is 3. The van der Waals surface area contributed by atoms with Crippen LogP contribution in [-0.4, -0.2) is 0 Å². The first-order chi connectivity index (χ1) is 26.8. The van der Waals surface area contributed by atoms with Crippen molar-refractivity contribution in [1.82, 2.24) is 0 Å². The molecule has 0 unspecified atom stereocenters. The van der Waals surface area contributed by atoms with Crippen LogP contribution in [0.3, 0.4) is 0 Å². The highest BCUT2D eigenvalue weighted by Gasteiger charge is 2.20. The summed E-state index contributed by atoms with van der Waals surface area (Å²) >= 11 is 1.82. The summed E-state index contributed by atoms with van der Waals surface area (Å²) in [6, 6.07) is 66.7. The largest absolute Gasteiger partial charge is 0.455 e. The van der Waals surface area contributed by atoms with Gasteiger partial charge in [0.25, 0.3) is 0 Å². The molecule has 0 fully saturated rings. The minimum Gasteiger partial charge on any atom is -0.455 e. The summed E-state index contributed by atoms with van der Waals surface area (Å²) in [4.78, 5) is 0. The Morgan fingerprint density at radius 1 is 0.352 bits per heavy atom. The van der Waals surface area contributed by atoms with Gasteiger partial charge in [-0.05, 0) is 107 Å². The van der Waals surface area contributed by atoms with Crippen molar-refractivity contribution in [3.63, 3.8) is 0 Å². The lowest BCUT2D eigenvalue weighted by Gasteiger charge is -2.18. The van der Waals surface area contributed by atoms with Gasteiger partial charge in [-0.3, -0.25) is 0 Å². The molecule has 2 heterocycles. The fourth-order valence-corrected chi connectivity index (χ4v) is 10.2. The highest BCUT2D eigenvalue weighted by molar-refractivity contribution is 7.26. The van der Waals surface area contributed by atoms with Gasteiger partial charge in [-0.25, -0.2) is 0 Å². The normalized spacial score (nSPS) is 12.1. The first kappa shape index (κ1) is 29.8. The van der Waals surface area contributed by atoms with E-state index in [1.165, 1.54) is 107 Å². The fraction of sp³-hybridized carbons (Fsp3) is 0. The second-order valence-electron chi connectivity index (χ2n) is 14.3. The van der Waals surface area contributed by atoms with Crippen LogP contribution in [0, 0.1) is 0 Å². The molecule has 12 rings (SSSR count). The monoisotopic (exact) mass is 702 g/mol. The molecule has 1 nitrogen and oxygen atoms in total. The SMILES string of the molecule is c1cc(-c2c3ccccc3c(-c3ccc4ccccc4c3)c3ccccc23)cc(-c2cc3oc4c(ccc5c6ccccc6sc54)c3c3ccccc23)c1. The van der Waals surface area contributed by atoms with E-state index in [-0.39, 0.29) is 0 Å². The maximum atomic E-state index is 6.89. The van der Waals surface area contributed by atoms with Gasteiger partial charge in [-0.1, -0.05) is 152 Å². The molecule has 0 amide bonds. The molecule has 0 atom stereocenters. The van der Waals surface area contributed by atoms with Crippen molar-refractivity contribution in [2.75, 3.05) is 0 Å². The van der Waals surface area contributed by atoms with Gasteiger partial charge in [0.1, 0.15) is 5.58 Å². The molecule has 0 saturated heterocycles. The van der Waals surface area contributed by atoms with Crippen LogP contribution >= 0.6 is 11.3 Å². The highest BCUT2D eigenvalue weighted by Crippen LogP contribution is 2.47. The topological polar surface area (TPSA) is 13.1 Å². The van der Waals surface area contributed by atoms with Crippen molar-refractivity contribution in [2.24, 2.45) is 0 Å². The summed E-state index contributed by atoms with van der Waals surface area (Å²) in [5, 5.41) is 14.9. The van der Waals surface area contributed by atoms with E-state index >= 15 is 0 Å². The van der Waals surface area contributed by atoms with Crippen molar-refractivity contribution >= 4 is 96.5 Å². The van der Waals surface area contributed by atoms with Crippen LogP contribution in [0.2, 0.25) is 0 Å². The zero-order valence-corrected chi connectivity index (χ0v) is 30.0. The molecule has 2 aromatic heterocycles. The zero-order valence-electron chi connectivity index (χ0n) is 29.1. The second kappa shape index (κ2) is 11.4. The quantitative estimate of drug-likeness (QED) is 0.167. The summed E-state index contributed by atoms with van der Waals surface area (Å²) in [5.41, 5.74) is 9.21. The molecule has 2 heteroatoms. The van der Waals surface area contributed by atoms with Crippen LogP contribution in [-0.2, 0) is 0 Å². The van der Waals surface area contributed by atoms with E-state index < -0.39 is 0 Å². The Morgan fingerprint density at radius 2 is 0.926 bits per heavy atom. The summed E-state index contributed by atoms with van der Waals surface area (Å²) in [6.07, 6.45) is 0. The van der Waals surface area contributed by atoms with E-state index in [0.717, 1.165) is 11.2 Å². The average molecular weight is 703 g/mol. The molecular weight excluding hydrogens is 673 g/mol. The highest BCUT2D eigenvalue weighted by atomic mass is 32.1. The van der Waals surface area contributed by atoms with Crippen molar-refractivity contribution in [1.29, 1.82) is 0 Å². The second-order valence-corrected chi connectivity index (χ2v) is 15.4. The molecule has 0 aliphatic heterocycles. The average Bonchev–Trinajstić information content (AvgIpc) is 3.81. The Morgan fingerprint density at radius 3 is 1.67 bits per heavy atom. The van der Waals surface area contributed by atoms with E-state index in [0.29, 0.717) is 0 Å². The number of fused-ring (bicyclic) bond motifs is 12. The Bertz CT molecular complexity index is 3450. The first-order valence-electron chi connectivity index (χ1n) is 18.5. The Kier molecular flexibility index (Phi) is 6.28. The molecule has 12 aromatic rings. The van der Waals surface area contributed by atoms with Crippen LogP contribution in [0.25, 0.3) is 119 Å². The lowest BCUT2D eigenvalue weighted by molar-refractivity contribution is 0.673. The number of furan rings is 1. The van der Waals surface area contributed by atoms with Gasteiger partial charge in [-0.2, -0.15) is 0 Å². The molecule has 0 saturated carbocycles. The lowest BCUT2D eigenvalue weighted by Crippen LogP contribution is -1.91. The predicted octanol–water partition coefficient (Wildman–Crippen LogP) is 15.6. The van der Waals surface area contributed by atoms with Crippen LogP contribution in [0.1, 0.15) is 0 Å². The number of hydrogen-bond donors (Lipinski definition) is 0. The fourth-order valence-electron chi connectivity index (χ4n) is 9.06. The maximum Gasteiger partial charge on any atom is 0.153 e. The van der Waals surface area contributed by atoms with E-state index in [2.05, 4.69) is 182 Å². The lowest BCUT2D eigenvalue weighted by atomic mass is 9.85. The molecule has 0 radical (unpaired) electrons. The van der Waals surface area contributed by atoms with E-state index in [1.54, 1.807) is 0 Å². The van der Waals surface area contributed by atoms with Crippen molar-refractivity contribution in [3.8, 4) is 33.4 Å². The smallest absolute Gasteiger partial charge is 0.153 e. The predicted molar refractivity (Wildman–Crippen MR) is 233 cm³/mol. The third-order valence-corrected chi connectivity index (χ3v) is 12.6. The zero-order chi connectivity index (χ0) is 35.3. The molecular formula is C52H30OS. The Balaban J connectivity index is 1.10. The molecule has 0 aliphatic rings. The van der Waals surface area contributed by atoms with Crippen molar-refractivity contribution in [2.45, 2.75) is 0 Å². The number of benzene rings is 10. The van der Waals surface area contributed by atoms with Crippen molar-refractivity contribution in [3.05, 3.63) is 182 Å². The molecule has 54 heavy (non-hydrogen) atoms. The van der Waals surface area contributed by atoms with Gasteiger partial charge in [0.05, 0.1) is 4.70 Å². The minimum absolute atomic E-state index is 0.921. The van der Waals surface area contributed by atoms with Gasteiger partial charge < -0.3 is 4.42 Å². The Hall–Kier alpha value is -6.74. The molecule has 0 spiro atoms. The van der Waals surface area contributed by atoms with Crippen molar-refractivity contribution < 1.29 is 4.42 Å². The summed E-state index contributed by atoms with van der Waals surface area (Å²) in [6.45, 7) is 0. The molecule has 250 valence electrons. The van der Waals surface area contributed by atoms with E-state index in [9.17, 15) is 0 Å². The third kappa shape index (κ3) is 4.26. The van der Waals surface area contributed by atoms with Gasteiger partial charge >= 0.3 is 0 Å². The van der Waals surface area contributed by atoms with Crippen LogP contribution in [0.4, 0.5) is 0 Å². The summed E-state index contributed by atoms with van der Waals surface area (Å²) < 4.78 is 9.38. The standard InChI is InChI=1S/C52H30OS/c1-2-13-32-28-35(25-24-31(32)12-1)49-41-21-7-5-19-39(41)48(40-20-6-8-22-42(40)49)34-15-11-14-33(29-34)45-30-46-50(38-18-4-3-16-36(38)45)44-27-26-43-37-17-9-10-23-47(37)54-52(43)51(44)53-46/h1-30H. The maximum absolute atomic E-state index is 6.89. The summed E-state index contributed by atoms with van der Waals surface area (Å²) in [5.74, 6) is 0. The third-order valence-electron chi connectivity index (χ3n) is 11.4. The minimum atomic E-state index is 0.921. The molecule has 10 aromatic carbocycles. The molecule has 0 bridgehead atoms. The van der Waals surface area contributed by atoms with Gasteiger partial charge in [0.2, 0.25) is 0 Å². The van der Waals surface area contributed by atoms with E-state index in [1.807, 2.05) is 11.3 Å². The van der Waals surface area contributed by atoms with Gasteiger partial charge in [-0.15, -0.1) is 11.3 Å². The van der Waals surface area contributed by atoms with Gasteiger partial charge in [0, 0.05) is 26.2 Å². The number of thiophene rings is 1. The van der Waals surface area contributed by atoms with Crippen LogP contribution in [0.15, 0.2) is 186 Å². The van der Waals surface area contributed by atoms with E-state index in [4.69, 9.17) is 4.42 Å². The van der Waals surface area contributed by atoms with Gasteiger partial charge in [0.15, 0.2) is 5.58 Å². The first-order valence-corrected chi connectivity index (χ1v) is 19.3. The Labute approximate surface area is 314 Å². The molecule has 0 aliphatic carbocycles. The van der Waals surface area contributed by atoms with Crippen LogP contribution < -0.4 is 0 Å². The molecule has 0 N–H and O–H groups in total. The van der Waals surface area contributed by atoms with Crippen LogP contribution in [0.5, 0.6) is 0 Å². The number of hydrogen-bond acceptors (Lipinski definition) is 2. The summed E-state index contributed by atoms with van der Waals surface area (Å²) in [7, 11) is 0.